The van der Waals surface area contributed by atoms with Gasteiger partial charge in [0.15, 0.2) is 0 Å². The van der Waals surface area contributed by atoms with Crippen molar-refractivity contribution in [3.05, 3.63) is 0 Å². The van der Waals surface area contributed by atoms with Crippen molar-refractivity contribution < 1.29 is 14.3 Å². The van der Waals surface area contributed by atoms with Gasteiger partial charge in [-0.3, -0.25) is 4.79 Å². The Kier molecular flexibility index (Phi) is 2.24. The van der Waals surface area contributed by atoms with E-state index in [9.17, 15) is 9.59 Å². The second-order valence-corrected chi connectivity index (χ2v) is 5.42. The number of hydrogen-bond donors (Lipinski definition) is 0. The van der Waals surface area contributed by atoms with Crippen LogP contribution in [0.15, 0.2) is 0 Å². The fraction of sp³-hybridized carbons (Fsp3) is 0.818. The predicted molar refractivity (Wildman–Crippen MR) is 54.4 cm³/mol. The highest BCUT2D eigenvalue weighted by Gasteiger charge is 2.47. The van der Waals surface area contributed by atoms with Gasteiger partial charge in [-0.05, 0) is 27.2 Å². The number of carbonyl (C=O) groups is 2. The van der Waals surface area contributed by atoms with Crippen LogP contribution in [-0.4, -0.2) is 35.5 Å². The van der Waals surface area contributed by atoms with E-state index in [1.165, 1.54) is 0 Å². The van der Waals surface area contributed by atoms with Crippen LogP contribution in [0.1, 0.15) is 27.2 Å². The summed E-state index contributed by atoms with van der Waals surface area (Å²) in [5.74, 6) is 0.488. The Balaban J connectivity index is 1.91. The quantitative estimate of drug-likeness (QED) is 0.609. The first kappa shape index (κ1) is 10.5. The molecule has 0 aromatic heterocycles. The van der Waals surface area contributed by atoms with Crippen LogP contribution in [-0.2, 0) is 9.53 Å². The average molecular weight is 211 g/mol. The van der Waals surface area contributed by atoms with Crippen LogP contribution in [0.2, 0.25) is 0 Å². The van der Waals surface area contributed by atoms with Crippen molar-refractivity contribution in [1.82, 2.24) is 4.90 Å². The number of piperidine rings is 2. The molecule has 3 aliphatic rings. The van der Waals surface area contributed by atoms with Crippen molar-refractivity contribution in [2.75, 3.05) is 13.1 Å². The average Bonchev–Trinajstić information content (AvgIpc) is 2.14. The van der Waals surface area contributed by atoms with Gasteiger partial charge >= 0.3 is 6.09 Å². The molecule has 2 atom stereocenters. The number of fused-ring (bicyclic) bond motifs is 2. The maximum atomic E-state index is 11.7. The molecular formula is C11H17NO3. The third-order valence-electron chi connectivity index (χ3n) is 2.91. The number of Topliss-reactive ketones (excluding diaryl/α,β-unsaturated/α-hetero) is 1. The molecule has 2 bridgehead atoms. The van der Waals surface area contributed by atoms with Crippen molar-refractivity contribution in [2.45, 2.75) is 32.8 Å². The molecule has 84 valence electrons. The molecule has 2 unspecified atom stereocenters. The lowest BCUT2D eigenvalue weighted by molar-refractivity contribution is -0.142. The molecule has 15 heavy (non-hydrogen) atoms. The SMILES string of the molecule is CC(C)(C)OC(=O)N1CC2CC(C1)C2=O. The first-order chi connectivity index (χ1) is 6.87. The second kappa shape index (κ2) is 3.22. The van der Waals surface area contributed by atoms with Crippen LogP contribution < -0.4 is 0 Å². The fourth-order valence-corrected chi connectivity index (χ4v) is 2.16. The Hall–Kier alpha value is -1.06. The molecule has 1 saturated carbocycles. The summed E-state index contributed by atoms with van der Waals surface area (Å²) in [6.45, 7) is 6.64. The lowest BCUT2D eigenvalue weighted by Crippen LogP contribution is -2.57. The molecule has 1 aliphatic carbocycles. The normalized spacial score (nSPS) is 29.8. The minimum Gasteiger partial charge on any atom is -0.444 e. The van der Waals surface area contributed by atoms with E-state index in [1.54, 1.807) is 4.90 Å². The van der Waals surface area contributed by atoms with Gasteiger partial charge in [0.2, 0.25) is 0 Å². The molecule has 3 rings (SSSR count). The number of amides is 1. The molecule has 0 aromatic carbocycles. The van der Waals surface area contributed by atoms with Crippen LogP contribution in [0, 0.1) is 11.8 Å². The monoisotopic (exact) mass is 211 g/mol. The van der Waals surface area contributed by atoms with Crippen LogP contribution in [0.25, 0.3) is 0 Å². The van der Waals surface area contributed by atoms with Crippen LogP contribution in [0.5, 0.6) is 0 Å². The van der Waals surface area contributed by atoms with Crippen molar-refractivity contribution >= 4 is 11.9 Å². The second-order valence-electron chi connectivity index (χ2n) is 5.42. The van der Waals surface area contributed by atoms with Crippen molar-refractivity contribution in [2.24, 2.45) is 11.8 Å². The van der Waals surface area contributed by atoms with E-state index in [1.807, 2.05) is 20.8 Å². The molecule has 2 saturated heterocycles. The van der Waals surface area contributed by atoms with Crippen LogP contribution in [0.3, 0.4) is 0 Å². The third kappa shape index (κ3) is 1.98. The molecule has 0 N–H and O–H groups in total. The van der Waals surface area contributed by atoms with Crippen molar-refractivity contribution in [3.63, 3.8) is 0 Å². The highest BCUT2D eigenvalue weighted by molar-refractivity contribution is 5.91. The zero-order valence-electron chi connectivity index (χ0n) is 9.45. The summed E-state index contributed by atoms with van der Waals surface area (Å²) in [5, 5.41) is 0. The summed E-state index contributed by atoms with van der Waals surface area (Å²) < 4.78 is 5.26. The Morgan fingerprint density at radius 3 is 2.27 bits per heavy atom. The smallest absolute Gasteiger partial charge is 0.410 e. The Morgan fingerprint density at radius 1 is 1.33 bits per heavy atom. The van der Waals surface area contributed by atoms with Gasteiger partial charge in [-0.15, -0.1) is 0 Å². The highest BCUT2D eigenvalue weighted by atomic mass is 16.6. The number of hydrogen-bond acceptors (Lipinski definition) is 3. The molecule has 1 amide bonds. The van der Waals surface area contributed by atoms with E-state index in [-0.39, 0.29) is 17.9 Å². The van der Waals surface area contributed by atoms with Gasteiger partial charge in [-0.1, -0.05) is 0 Å². The van der Waals surface area contributed by atoms with Crippen molar-refractivity contribution in [1.29, 1.82) is 0 Å². The molecule has 0 spiro atoms. The predicted octanol–water partition coefficient (Wildman–Crippen LogP) is 1.44. The van der Waals surface area contributed by atoms with E-state index in [0.717, 1.165) is 6.42 Å². The fourth-order valence-electron chi connectivity index (χ4n) is 2.16. The van der Waals surface area contributed by atoms with E-state index >= 15 is 0 Å². The molecule has 2 aliphatic heterocycles. The van der Waals surface area contributed by atoms with Gasteiger partial charge in [0.25, 0.3) is 0 Å². The van der Waals surface area contributed by atoms with Crippen molar-refractivity contribution in [3.8, 4) is 0 Å². The van der Waals surface area contributed by atoms with E-state index in [2.05, 4.69) is 0 Å². The van der Waals surface area contributed by atoms with Gasteiger partial charge in [0.05, 0.1) is 0 Å². The molecule has 3 fully saturated rings. The number of rotatable bonds is 0. The summed E-state index contributed by atoms with van der Waals surface area (Å²) in [7, 11) is 0. The number of carbonyl (C=O) groups excluding carboxylic acids is 2. The Morgan fingerprint density at radius 2 is 1.87 bits per heavy atom. The Labute approximate surface area is 89.6 Å². The van der Waals surface area contributed by atoms with E-state index < -0.39 is 5.60 Å². The van der Waals surface area contributed by atoms with Gasteiger partial charge in [-0.2, -0.15) is 0 Å². The summed E-state index contributed by atoms with van der Waals surface area (Å²) in [4.78, 5) is 24.7. The van der Waals surface area contributed by atoms with Crippen LogP contribution >= 0.6 is 0 Å². The first-order valence-corrected chi connectivity index (χ1v) is 5.38. The standard InChI is InChI=1S/C11H17NO3/c1-11(2,3)15-10(14)12-5-7-4-8(6-12)9(7)13/h7-8H,4-6H2,1-3H3. The first-order valence-electron chi connectivity index (χ1n) is 5.38. The largest absolute Gasteiger partial charge is 0.444 e. The lowest BCUT2D eigenvalue weighted by atomic mass is 9.70. The summed E-state index contributed by atoms with van der Waals surface area (Å²) in [6, 6.07) is 0. The highest BCUT2D eigenvalue weighted by Crippen LogP contribution is 2.36. The van der Waals surface area contributed by atoms with Crippen LogP contribution in [0.4, 0.5) is 4.79 Å². The lowest BCUT2D eigenvalue weighted by Gasteiger charge is -2.45. The van der Waals surface area contributed by atoms with Gasteiger partial charge in [0, 0.05) is 24.9 Å². The summed E-state index contributed by atoms with van der Waals surface area (Å²) in [6.07, 6.45) is 0.669. The number of ketones is 1. The van der Waals surface area contributed by atoms with Gasteiger partial charge in [0.1, 0.15) is 11.4 Å². The van der Waals surface area contributed by atoms with Gasteiger partial charge in [-0.25, -0.2) is 4.79 Å². The zero-order chi connectivity index (χ0) is 11.2. The van der Waals surface area contributed by atoms with Gasteiger partial charge < -0.3 is 9.64 Å². The molecule has 4 nitrogen and oxygen atoms in total. The summed E-state index contributed by atoms with van der Waals surface area (Å²) in [5.41, 5.74) is -0.456. The minimum absolute atomic E-state index is 0.0799. The number of nitrogens with zero attached hydrogens (tertiary/aromatic N) is 1. The minimum atomic E-state index is -0.456. The topological polar surface area (TPSA) is 46.6 Å². The number of ether oxygens (including phenoxy) is 1. The van der Waals surface area contributed by atoms with E-state index in [0.29, 0.717) is 18.9 Å². The maximum absolute atomic E-state index is 11.7. The maximum Gasteiger partial charge on any atom is 0.410 e. The zero-order valence-corrected chi connectivity index (χ0v) is 9.45. The molecule has 2 heterocycles. The summed E-state index contributed by atoms with van der Waals surface area (Å²) >= 11 is 0. The molecule has 4 heteroatoms. The van der Waals surface area contributed by atoms with E-state index in [4.69, 9.17) is 4.74 Å². The molecule has 0 aromatic rings. The molecular weight excluding hydrogens is 194 g/mol. The third-order valence-corrected chi connectivity index (χ3v) is 2.91. The molecule has 0 radical (unpaired) electrons. The Bertz CT molecular complexity index is 291.